The summed E-state index contributed by atoms with van der Waals surface area (Å²) in [4.78, 5) is 25.0. The van der Waals surface area contributed by atoms with E-state index in [2.05, 4.69) is 31.9 Å². The van der Waals surface area contributed by atoms with Crippen LogP contribution in [-0.4, -0.2) is 48.2 Å². The van der Waals surface area contributed by atoms with Crippen LogP contribution in [0.4, 0.5) is 0 Å². The molecule has 2 unspecified atom stereocenters. The van der Waals surface area contributed by atoms with Gasteiger partial charge in [-0.1, -0.05) is 31.9 Å². The second kappa shape index (κ2) is 6.24. The second-order valence-electron chi connectivity index (χ2n) is 4.62. The van der Waals surface area contributed by atoms with Gasteiger partial charge in [-0.2, -0.15) is 0 Å². The summed E-state index contributed by atoms with van der Waals surface area (Å²) in [6.07, 6.45) is 0. The second-order valence-corrected chi connectivity index (χ2v) is 6.46. The number of ether oxygens (including phenoxy) is 1. The SMILES string of the molecule is CN(C(=O)c1cc(Br)cc(Br)c1)C1COCC1C(=O)O. The van der Waals surface area contributed by atoms with Crippen molar-refractivity contribution in [3.8, 4) is 0 Å². The summed E-state index contributed by atoms with van der Waals surface area (Å²) in [6.45, 7) is 0.383. The Bertz CT molecular complexity index is 529. The van der Waals surface area contributed by atoms with E-state index in [4.69, 9.17) is 9.84 Å². The Hall–Kier alpha value is -0.920. The maximum Gasteiger partial charge on any atom is 0.311 e. The average Bonchev–Trinajstić information content (AvgIpc) is 2.85. The van der Waals surface area contributed by atoms with Crippen LogP contribution in [0.25, 0.3) is 0 Å². The fourth-order valence-corrected chi connectivity index (χ4v) is 3.49. The van der Waals surface area contributed by atoms with Crippen LogP contribution < -0.4 is 0 Å². The number of amides is 1. The van der Waals surface area contributed by atoms with Crippen LogP contribution in [0, 0.1) is 5.92 Å². The summed E-state index contributed by atoms with van der Waals surface area (Å²) in [5, 5.41) is 9.14. The average molecular weight is 407 g/mol. The Kier molecular flexibility index (Phi) is 4.82. The van der Waals surface area contributed by atoms with Gasteiger partial charge in [-0.25, -0.2) is 0 Å². The van der Waals surface area contributed by atoms with Gasteiger partial charge in [0, 0.05) is 21.6 Å². The van der Waals surface area contributed by atoms with Crippen LogP contribution in [-0.2, 0) is 9.53 Å². The van der Waals surface area contributed by atoms with E-state index in [1.807, 2.05) is 6.07 Å². The number of carboxylic acids is 1. The van der Waals surface area contributed by atoms with Gasteiger partial charge in [0.25, 0.3) is 5.91 Å². The van der Waals surface area contributed by atoms with Crippen molar-refractivity contribution < 1.29 is 19.4 Å². The quantitative estimate of drug-likeness (QED) is 0.836. The molecule has 1 saturated heterocycles. The first-order valence-electron chi connectivity index (χ1n) is 5.94. The standard InChI is InChI=1S/C13H13Br2NO4/c1-16(11-6-20-5-10(11)13(18)19)12(17)7-2-8(14)4-9(15)3-7/h2-4,10-11H,5-6H2,1H3,(H,18,19). The summed E-state index contributed by atoms with van der Waals surface area (Å²) in [6, 6.07) is 4.79. The molecule has 2 atom stereocenters. The van der Waals surface area contributed by atoms with Crippen molar-refractivity contribution in [1.82, 2.24) is 4.90 Å². The van der Waals surface area contributed by atoms with Gasteiger partial charge in [0.15, 0.2) is 0 Å². The number of likely N-dealkylation sites (N-methyl/N-ethyl adjacent to an activating group) is 1. The number of benzene rings is 1. The highest BCUT2D eigenvalue weighted by Gasteiger charge is 2.38. The Balaban J connectivity index is 2.22. The molecular weight excluding hydrogens is 394 g/mol. The van der Waals surface area contributed by atoms with Crippen LogP contribution >= 0.6 is 31.9 Å². The Morgan fingerprint density at radius 1 is 1.25 bits per heavy atom. The molecule has 108 valence electrons. The predicted molar refractivity (Wildman–Crippen MR) is 79.7 cm³/mol. The van der Waals surface area contributed by atoms with Crippen LogP contribution in [0.2, 0.25) is 0 Å². The summed E-state index contributed by atoms with van der Waals surface area (Å²) >= 11 is 6.66. The Morgan fingerprint density at radius 2 is 1.85 bits per heavy atom. The molecule has 20 heavy (non-hydrogen) atoms. The van der Waals surface area contributed by atoms with Gasteiger partial charge in [0.05, 0.1) is 19.3 Å². The number of halogens is 2. The van der Waals surface area contributed by atoms with E-state index in [0.29, 0.717) is 5.56 Å². The molecular formula is C13H13Br2NO4. The van der Waals surface area contributed by atoms with Gasteiger partial charge >= 0.3 is 5.97 Å². The number of rotatable bonds is 3. The van der Waals surface area contributed by atoms with Crippen molar-refractivity contribution in [1.29, 1.82) is 0 Å². The molecule has 2 rings (SSSR count). The van der Waals surface area contributed by atoms with Gasteiger partial charge in [0.2, 0.25) is 0 Å². The lowest BCUT2D eigenvalue weighted by Crippen LogP contribution is -2.44. The number of carbonyl (C=O) groups excluding carboxylic acids is 1. The van der Waals surface area contributed by atoms with E-state index in [9.17, 15) is 9.59 Å². The molecule has 0 aromatic heterocycles. The third-order valence-corrected chi connectivity index (χ3v) is 4.21. The minimum absolute atomic E-state index is 0.139. The van der Waals surface area contributed by atoms with E-state index in [1.165, 1.54) is 4.90 Å². The lowest BCUT2D eigenvalue weighted by atomic mass is 10.0. The Morgan fingerprint density at radius 3 is 2.40 bits per heavy atom. The summed E-state index contributed by atoms with van der Waals surface area (Å²) in [7, 11) is 1.60. The molecule has 0 saturated carbocycles. The maximum atomic E-state index is 12.4. The zero-order valence-electron chi connectivity index (χ0n) is 10.7. The fraction of sp³-hybridized carbons (Fsp3) is 0.385. The normalized spacial score (nSPS) is 21.8. The predicted octanol–water partition coefficient (Wildman–Crippen LogP) is 2.38. The lowest BCUT2D eigenvalue weighted by Gasteiger charge is -2.26. The first-order chi connectivity index (χ1) is 9.40. The van der Waals surface area contributed by atoms with Crippen molar-refractivity contribution >= 4 is 43.7 Å². The molecule has 0 spiro atoms. The number of carboxylic acid groups (broad SMARTS) is 1. The monoisotopic (exact) mass is 405 g/mol. The van der Waals surface area contributed by atoms with Crippen molar-refractivity contribution in [3.05, 3.63) is 32.7 Å². The fourth-order valence-electron chi connectivity index (χ4n) is 2.19. The van der Waals surface area contributed by atoms with Gasteiger partial charge in [0.1, 0.15) is 5.92 Å². The number of carbonyl (C=O) groups is 2. The highest BCUT2D eigenvalue weighted by Crippen LogP contribution is 2.24. The first-order valence-corrected chi connectivity index (χ1v) is 7.52. The topological polar surface area (TPSA) is 66.8 Å². The molecule has 1 aromatic rings. The molecule has 0 radical (unpaired) electrons. The van der Waals surface area contributed by atoms with Gasteiger partial charge in [-0.15, -0.1) is 0 Å². The molecule has 7 heteroatoms. The van der Waals surface area contributed by atoms with E-state index in [1.54, 1.807) is 19.2 Å². The van der Waals surface area contributed by atoms with Crippen molar-refractivity contribution in [2.45, 2.75) is 6.04 Å². The van der Waals surface area contributed by atoms with E-state index in [0.717, 1.165) is 8.95 Å². The smallest absolute Gasteiger partial charge is 0.311 e. The molecule has 1 amide bonds. The minimum atomic E-state index is -0.942. The Labute approximate surface area is 133 Å². The highest BCUT2D eigenvalue weighted by molar-refractivity contribution is 9.11. The molecule has 1 heterocycles. The van der Waals surface area contributed by atoms with Gasteiger partial charge in [-0.05, 0) is 18.2 Å². The number of hydrogen-bond acceptors (Lipinski definition) is 3. The van der Waals surface area contributed by atoms with Gasteiger partial charge in [-0.3, -0.25) is 9.59 Å². The third-order valence-electron chi connectivity index (χ3n) is 3.30. The number of hydrogen-bond donors (Lipinski definition) is 1. The molecule has 1 aliphatic rings. The van der Waals surface area contributed by atoms with E-state index in [-0.39, 0.29) is 19.1 Å². The third kappa shape index (κ3) is 3.21. The van der Waals surface area contributed by atoms with E-state index >= 15 is 0 Å². The minimum Gasteiger partial charge on any atom is -0.481 e. The van der Waals surface area contributed by atoms with Crippen LogP contribution in [0.15, 0.2) is 27.1 Å². The maximum absolute atomic E-state index is 12.4. The number of aliphatic carboxylic acids is 1. The van der Waals surface area contributed by atoms with Crippen LogP contribution in [0.3, 0.4) is 0 Å². The molecule has 1 aromatic carbocycles. The molecule has 5 nitrogen and oxygen atoms in total. The lowest BCUT2D eigenvalue weighted by molar-refractivity contribution is -0.142. The van der Waals surface area contributed by atoms with Crippen molar-refractivity contribution in [2.24, 2.45) is 5.92 Å². The molecule has 1 fully saturated rings. The number of nitrogens with zero attached hydrogens (tertiary/aromatic N) is 1. The molecule has 0 bridgehead atoms. The summed E-state index contributed by atoms with van der Waals surface area (Å²) < 4.78 is 6.75. The van der Waals surface area contributed by atoms with Crippen molar-refractivity contribution in [3.63, 3.8) is 0 Å². The van der Waals surface area contributed by atoms with Crippen LogP contribution in [0.1, 0.15) is 10.4 Å². The molecule has 1 aliphatic heterocycles. The van der Waals surface area contributed by atoms with Crippen LogP contribution in [0.5, 0.6) is 0 Å². The summed E-state index contributed by atoms with van der Waals surface area (Å²) in [5.41, 5.74) is 0.491. The van der Waals surface area contributed by atoms with Crippen molar-refractivity contribution in [2.75, 3.05) is 20.3 Å². The largest absolute Gasteiger partial charge is 0.481 e. The summed E-state index contributed by atoms with van der Waals surface area (Å²) in [5.74, 6) is -1.85. The molecule has 0 aliphatic carbocycles. The van der Waals surface area contributed by atoms with E-state index < -0.39 is 17.9 Å². The zero-order chi connectivity index (χ0) is 14.9. The van der Waals surface area contributed by atoms with Gasteiger partial charge < -0.3 is 14.7 Å². The molecule has 1 N–H and O–H groups in total. The highest BCUT2D eigenvalue weighted by atomic mass is 79.9. The first kappa shape index (κ1) is 15.5. The zero-order valence-corrected chi connectivity index (χ0v) is 13.8.